The normalized spacial score (nSPS) is 16.6. The van der Waals surface area contributed by atoms with Crippen LogP contribution >= 0.6 is 34.2 Å². The van der Waals surface area contributed by atoms with Gasteiger partial charge in [0.1, 0.15) is 5.15 Å². The molecule has 0 bridgehead atoms. The van der Waals surface area contributed by atoms with E-state index in [1.807, 2.05) is 0 Å². The molecule has 1 saturated heterocycles. The predicted molar refractivity (Wildman–Crippen MR) is 76.9 cm³/mol. The molecule has 6 heteroatoms. The minimum atomic E-state index is 0.349. The summed E-state index contributed by atoms with van der Waals surface area (Å²) in [7, 11) is 0. The fourth-order valence-corrected chi connectivity index (χ4v) is 2.75. The predicted octanol–water partition coefficient (Wildman–Crippen LogP) is 2.69. The highest BCUT2D eigenvalue weighted by molar-refractivity contribution is 14.1. The van der Waals surface area contributed by atoms with Crippen molar-refractivity contribution in [2.75, 3.05) is 31.2 Å². The number of nitrogens with zero attached hydrogens (tertiary/aromatic N) is 3. The molecule has 2 rings (SSSR count). The lowest BCUT2D eigenvalue weighted by molar-refractivity contribution is 0.122. The smallest absolute Gasteiger partial charge is 0.227 e. The molecule has 0 atom stereocenters. The van der Waals surface area contributed by atoms with Crippen LogP contribution in [0.2, 0.25) is 5.15 Å². The Kier molecular flexibility index (Phi) is 4.43. The third-order valence-corrected chi connectivity index (χ3v) is 4.32. The van der Waals surface area contributed by atoms with Crippen molar-refractivity contribution in [1.29, 1.82) is 0 Å². The second kappa shape index (κ2) is 5.67. The first-order valence-electron chi connectivity index (χ1n) is 5.65. The highest BCUT2D eigenvalue weighted by Crippen LogP contribution is 2.27. The van der Waals surface area contributed by atoms with Crippen LogP contribution in [0, 0.1) is 3.57 Å². The van der Waals surface area contributed by atoms with Gasteiger partial charge in [-0.25, -0.2) is 4.98 Å². The summed E-state index contributed by atoms with van der Waals surface area (Å²) in [6.07, 6.45) is 0. The Balaban J connectivity index is 2.34. The maximum absolute atomic E-state index is 6.17. The molecule has 17 heavy (non-hydrogen) atoms. The molecule has 2 heterocycles. The molecular weight excluding hydrogens is 352 g/mol. The minimum absolute atomic E-state index is 0.349. The van der Waals surface area contributed by atoms with Gasteiger partial charge in [0.15, 0.2) is 0 Å². The van der Waals surface area contributed by atoms with Crippen LogP contribution in [-0.4, -0.2) is 36.3 Å². The summed E-state index contributed by atoms with van der Waals surface area (Å²) in [5.74, 6) is 1.07. The second-order valence-electron chi connectivity index (χ2n) is 4.27. The van der Waals surface area contributed by atoms with E-state index < -0.39 is 0 Å². The monoisotopic (exact) mass is 367 g/mol. The van der Waals surface area contributed by atoms with Crippen LogP contribution in [0.15, 0.2) is 0 Å². The van der Waals surface area contributed by atoms with Crippen LogP contribution in [0.5, 0.6) is 0 Å². The molecule has 1 aliphatic heterocycles. The van der Waals surface area contributed by atoms with E-state index in [2.05, 4.69) is 51.3 Å². The molecular formula is C11H15ClIN3O. The third kappa shape index (κ3) is 3.00. The Morgan fingerprint density at radius 3 is 2.53 bits per heavy atom. The molecule has 0 radical (unpaired) electrons. The highest BCUT2D eigenvalue weighted by atomic mass is 127. The van der Waals surface area contributed by atoms with Gasteiger partial charge < -0.3 is 9.64 Å². The van der Waals surface area contributed by atoms with Crippen molar-refractivity contribution in [3.63, 3.8) is 0 Å². The first-order valence-corrected chi connectivity index (χ1v) is 7.11. The zero-order valence-corrected chi connectivity index (χ0v) is 12.8. The summed E-state index contributed by atoms with van der Waals surface area (Å²) < 4.78 is 6.28. The number of halogens is 2. The van der Waals surface area contributed by atoms with E-state index in [4.69, 9.17) is 16.3 Å². The molecule has 0 unspecified atom stereocenters. The molecule has 0 N–H and O–H groups in total. The number of hydrogen-bond donors (Lipinski definition) is 0. The molecule has 0 aliphatic carbocycles. The quantitative estimate of drug-likeness (QED) is 0.595. The van der Waals surface area contributed by atoms with Gasteiger partial charge in [0.2, 0.25) is 5.95 Å². The Bertz CT molecular complexity index is 408. The number of anilines is 1. The largest absolute Gasteiger partial charge is 0.378 e. The Labute approximate surface area is 120 Å². The van der Waals surface area contributed by atoms with Crippen LogP contribution in [0.3, 0.4) is 0 Å². The van der Waals surface area contributed by atoms with Gasteiger partial charge in [-0.15, -0.1) is 0 Å². The van der Waals surface area contributed by atoms with Gasteiger partial charge in [0, 0.05) is 13.1 Å². The molecule has 1 aliphatic rings. The SMILES string of the molecule is CC(C)c1nc(N2CCOCC2)nc(Cl)c1I. The summed E-state index contributed by atoms with van der Waals surface area (Å²) in [6, 6.07) is 0. The molecule has 0 amide bonds. The number of hydrogen-bond acceptors (Lipinski definition) is 4. The van der Waals surface area contributed by atoms with Crippen molar-refractivity contribution in [3.05, 3.63) is 14.4 Å². The number of morpholine rings is 1. The summed E-state index contributed by atoms with van der Waals surface area (Å²) in [6.45, 7) is 7.34. The van der Waals surface area contributed by atoms with Gasteiger partial charge in [-0.1, -0.05) is 25.4 Å². The topological polar surface area (TPSA) is 38.2 Å². The van der Waals surface area contributed by atoms with Crippen LogP contribution in [-0.2, 0) is 4.74 Å². The van der Waals surface area contributed by atoms with Crippen LogP contribution in [0.25, 0.3) is 0 Å². The average Bonchev–Trinajstić information content (AvgIpc) is 2.33. The molecule has 1 aromatic heterocycles. The van der Waals surface area contributed by atoms with Crippen LogP contribution < -0.4 is 4.90 Å². The fourth-order valence-electron chi connectivity index (χ4n) is 1.71. The molecule has 94 valence electrons. The zero-order chi connectivity index (χ0) is 12.4. The highest BCUT2D eigenvalue weighted by Gasteiger charge is 2.19. The Morgan fingerprint density at radius 1 is 1.29 bits per heavy atom. The van der Waals surface area contributed by atoms with Crippen molar-refractivity contribution in [2.45, 2.75) is 19.8 Å². The summed E-state index contributed by atoms with van der Waals surface area (Å²) in [5.41, 5.74) is 1.02. The summed E-state index contributed by atoms with van der Waals surface area (Å²) in [4.78, 5) is 11.1. The lowest BCUT2D eigenvalue weighted by Crippen LogP contribution is -2.37. The zero-order valence-electron chi connectivity index (χ0n) is 9.91. The Morgan fingerprint density at radius 2 is 1.94 bits per heavy atom. The van der Waals surface area contributed by atoms with E-state index >= 15 is 0 Å². The molecule has 4 nitrogen and oxygen atoms in total. The maximum atomic E-state index is 6.17. The van der Waals surface area contributed by atoms with Crippen LogP contribution in [0.1, 0.15) is 25.5 Å². The van der Waals surface area contributed by atoms with E-state index in [-0.39, 0.29) is 0 Å². The molecule has 1 aromatic rings. The number of rotatable bonds is 2. The van der Waals surface area contributed by atoms with Gasteiger partial charge >= 0.3 is 0 Å². The number of aromatic nitrogens is 2. The van der Waals surface area contributed by atoms with Gasteiger partial charge in [0.05, 0.1) is 22.5 Å². The van der Waals surface area contributed by atoms with Gasteiger partial charge in [-0.05, 0) is 28.5 Å². The average molecular weight is 368 g/mol. The molecule has 1 fully saturated rings. The number of ether oxygens (including phenoxy) is 1. The fraction of sp³-hybridized carbons (Fsp3) is 0.636. The Hall–Kier alpha value is -0.140. The molecule has 0 aromatic carbocycles. The first kappa shape index (κ1) is 13.3. The molecule has 0 spiro atoms. The lowest BCUT2D eigenvalue weighted by atomic mass is 10.1. The van der Waals surface area contributed by atoms with Crippen molar-refractivity contribution in [1.82, 2.24) is 9.97 Å². The standard InChI is InChI=1S/C11H15ClIN3O/c1-7(2)9-8(13)10(12)15-11(14-9)16-3-5-17-6-4-16/h7H,3-6H2,1-2H3. The second-order valence-corrected chi connectivity index (χ2v) is 5.70. The first-order chi connectivity index (χ1) is 8.09. The van der Waals surface area contributed by atoms with Crippen molar-refractivity contribution in [2.24, 2.45) is 0 Å². The minimum Gasteiger partial charge on any atom is -0.378 e. The summed E-state index contributed by atoms with van der Waals surface area (Å²) >= 11 is 8.37. The van der Waals surface area contributed by atoms with Gasteiger partial charge in [-0.2, -0.15) is 4.98 Å². The third-order valence-electron chi connectivity index (χ3n) is 2.67. The summed E-state index contributed by atoms with van der Waals surface area (Å²) in [5, 5.41) is 0.547. The lowest BCUT2D eigenvalue weighted by Gasteiger charge is -2.27. The van der Waals surface area contributed by atoms with E-state index in [9.17, 15) is 0 Å². The van der Waals surface area contributed by atoms with Crippen molar-refractivity contribution >= 4 is 40.1 Å². The van der Waals surface area contributed by atoms with Crippen molar-refractivity contribution < 1.29 is 4.74 Å². The molecule has 0 saturated carbocycles. The van der Waals surface area contributed by atoms with E-state index in [1.54, 1.807) is 0 Å². The van der Waals surface area contributed by atoms with Gasteiger partial charge in [0.25, 0.3) is 0 Å². The van der Waals surface area contributed by atoms with Gasteiger partial charge in [-0.3, -0.25) is 0 Å². The van der Waals surface area contributed by atoms with Crippen LogP contribution in [0.4, 0.5) is 5.95 Å². The van der Waals surface area contributed by atoms with E-state index in [0.29, 0.717) is 11.1 Å². The van der Waals surface area contributed by atoms with Crippen molar-refractivity contribution in [3.8, 4) is 0 Å². The van der Waals surface area contributed by atoms with E-state index in [1.165, 1.54) is 0 Å². The maximum Gasteiger partial charge on any atom is 0.227 e. The van der Waals surface area contributed by atoms with E-state index in [0.717, 1.165) is 41.5 Å².